The Kier molecular flexibility index (Phi) is 3.16. The molecular weight excluding hydrogens is 226 g/mol. The molecule has 0 atom stereocenters. The molecule has 90 valence electrons. The Morgan fingerprint density at radius 1 is 1.28 bits per heavy atom. The lowest BCUT2D eigenvalue weighted by Gasteiger charge is -2.09. The fourth-order valence-corrected chi connectivity index (χ4v) is 1.76. The van der Waals surface area contributed by atoms with E-state index in [1.165, 1.54) is 7.11 Å². The van der Waals surface area contributed by atoms with Gasteiger partial charge in [0.2, 0.25) is 5.88 Å². The summed E-state index contributed by atoms with van der Waals surface area (Å²) in [5.41, 5.74) is 8.94. The number of nitrogens with zero attached hydrogens (tertiary/aromatic N) is 2. The highest BCUT2D eigenvalue weighted by Gasteiger charge is 2.13. The van der Waals surface area contributed by atoms with Gasteiger partial charge in [-0.3, -0.25) is 0 Å². The lowest BCUT2D eigenvalue weighted by molar-refractivity contribution is 0.397. The molecule has 0 saturated carbocycles. The van der Waals surface area contributed by atoms with Gasteiger partial charge in [-0.05, 0) is 18.6 Å². The van der Waals surface area contributed by atoms with Crippen LogP contribution in [0.25, 0.3) is 11.1 Å². The predicted octanol–water partition coefficient (Wildman–Crippen LogP) is 2.52. The quantitative estimate of drug-likeness (QED) is 0.874. The maximum atomic E-state index is 9.23. The molecule has 1 aromatic carbocycles. The molecule has 0 fully saturated rings. The van der Waals surface area contributed by atoms with Crippen molar-refractivity contribution in [3.05, 3.63) is 41.5 Å². The molecule has 4 heteroatoms. The van der Waals surface area contributed by atoms with E-state index in [2.05, 4.69) is 11.1 Å². The first kappa shape index (κ1) is 11.9. The number of nitriles is 1. The second kappa shape index (κ2) is 4.76. The summed E-state index contributed by atoms with van der Waals surface area (Å²) in [6, 6.07) is 11.7. The number of aromatic nitrogens is 1. The summed E-state index contributed by atoms with van der Waals surface area (Å²) in [5, 5.41) is 9.23. The maximum absolute atomic E-state index is 9.23. The van der Waals surface area contributed by atoms with E-state index in [0.29, 0.717) is 11.4 Å². The van der Waals surface area contributed by atoms with E-state index in [0.717, 1.165) is 16.7 Å². The predicted molar refractivity (Wildman–Crippen MR) is 70.1 cm³/mol. The van der Waals surface area contributed by atoms with Crippen molar-refractivity contribution >= 4 is 5.82 Å². The Balaban J connectivity index is 2.67. The van der Waals surface area contributed by atoms with Crippen molar-refractivity contribution < 1.29 is 4.74 Å². The van der Waals surface area contributed by atoms with Crippen LogP contribution in [0.5, 0.6) is 5.88 Å². The number of anilines is 1. The number of benzene rings is 1. The van der Waals surface area contributed by atoms with E-state index < -0.39 is 0 Å². The second-order valence-electron chi connectivity index (χ2n) is 3.96. The molecule has 0 aliphatic heterocycles. The zero-order valence-corrected chi connectivity index (χ0v) is 10.3. The van der Waals surface area contributed by atoms with Gasteiger partial charge < -0.3 is 10.5 Å². The summed E-state index contributed by atoms with van der Waals surface area (Å²) < 4.78 is 5.09. The molecule has 2 rings (SSSR count). The standard InChI is InChI=1S/C14H13N3O/c1-9-3-5-10(6-4-9)11-7-13(16)17-14(18-2)12(11)8-15/h3-7H,1-2H3,(H2,16,17). The van der Waals surface area contributed by atoms with E-state index in [4.69, 9.17) is 10.5 Å². The number of nitrogen functional groups attached to an aromatic ring is 1. The summed E-state index contributed by atoms with van der Waals surface area (Å²) in [5.74, 6) is 0.592. The molecular formula is C14H13N3O. The number of rotatable bonds is 2. The van der Waals surface area contributed by atoms with Gasteiger partial charge in [0, 0.05) is 5.56 Å². The highest BCUT2D eigenvalue weighted by molar-refractivity contribution is 5.75. The van der Waals surface area contributed by atoms with Gasteiger partial charge in [-0.25, -0.2) is 0 Å². The van der Waals surface area contributed by atoms with Crippen LogP contribution in [0.2, 0.25) is 0 Å². The molecule has 0 bridgehead atoms. The maximum Gasteiger partial charge on any atom is 0.234 e. The van der Waals surface area contributed by atoms with Crippen LogP contribution in [0.15, 0.2) is 30.3 Å². The van der Waals surface area contributed by atoms with Crippen molar-refractivity contribution in [3.8, 4) is 23.1 Å². The molecule has 0 unspecified atom stereocenters. The number of nitrogens with two attached hydrogens (primary N) is 1. The third-order valence-corrected chi connectivity index (χ3v) is 2.67. The molecule has 0 amide bonds. The molecule has 0 spiro atoms. The highest BCUT2D eigenvalue weighted by Crippen LogP contribution is 2.30. The summed E-state index contributed by atoms with van der Waals surface area (Å²) >= 11 is 0. The summed E-state index contributed by atoms with van der Waals surface area (Å²) in [4.78, 5) is 4.00. The average Bonchev–Trinajstić information content (AvgIpc) is 2.38. The van der Waals surface area contributed by atoms with Crippen molar-refractivity contribution in [1.82, 2.24) is 4.98 Å². The third kappa shape index (κ3) is 2.11. The minimum absolute atomic E-state index is 0.257. The molecule has 0 radical (unpaired) electrons. The van der Waals surface area contributed by atoms with Crippen LogP contribution >= 0.6 is 0 Å². The van der Waals surface area contributed by atoms with E-state index in [9.17, 15) is 5.26 Å². The molecule has 0 saturated heterocycles. The Hall–Kier alpha value is -2.54. The largest absolute Gasteiger partial charge is 0.480 e. The summed E-state index contributed by atoms with van der Waals surface area (Å²) in [7, 11) is 1.47. The monoisotopic (exact) mass is 239 g/mol. The van der Waals surface area contributed by atoms with Crippen molar-refractivity contribution in [3.63, 3.8) is 0 Å². The Morgan fingerprint density at radius 3 is 2.50 bits per heavy atom. The van der Waals surface area contributed by atoms with Crippen LogP contribution in [-0.4, -0.2) is 12.1 Å². The van der Waals surface area contributed by atoms with Crippen molar-refractivity contribution in [1.29, 1.82) is 5.26 Å². The molecule has 4 nitrogen and oxygen atoms in total. The molecule has 18 heavy (non-hydrogen) atoms. The molecule has 2 N–H and O–H groups in total. The first-order valence-corrected chi connectivity index (χ1v) is 5.47. The van der Waals surface area contributed by atoms with Crippen LogP contribution in [-0.2, 0) is 0 Å². The zero-order valence-electron chi connectivity index (χ0n) is 10.3. The van der Waals surface area contributed by atoms with Gasteiger partial charge in [-0.15, -0.1) is 0 Å². The van der Waals surface area contributed by atoms with E-state index >= 15 is 0 Å². The third-order valence-electron chi connectivity index (χ3n) is 2.67. The molecule has 0 aliphatic carbocycles. The summed E-state index contributed by atoms with van der Waals surface area (Å²) in [6.07, 6.45) is 0. The fraction of sp³-hybridized carbons (Fsp3) is 0.143. The average molecular weight is 239 g/mol. The number of aryl methyl sites for hydroxylation is 1. The topological polar surface area (TPSA) is 71.9 Å². The normalized spacial score (nSPS) is 9.83. The Bertz CT molecular complexity index is 612. The van der Waals surface area contributed by atoms with Gasteiger partial charge in [-0.1, -0.05) is 29.8 Å². The zero-order chi connectivity index (χ0) is 13.1. The minimum Gasteiger partial charge on any atom is -0.480 e. The van der Waals surface area contributed by atoms with Crippen LogP contribution in [0.1, 0.15) is 11.1 Å². The number of hydrogen-bond donors (Lipinski definition) is 1. The van der Waals surface area contributed by atoms with Crippen LogP contribution in [0.4, 0.5) is 5.82 Å². The van der Waals surface area contributed by atoms with Crippen LogP contribution < -0.4 is 10.5 Å². The van der Waals surface area contributed by atoms with Crippen LogP contribution in [0.3, 0.4) is 0 Å². The molecule has 0 aliphatic rings. The molecule has 2 aromatic rings. The van der Waals surface area contributed by atoms with Gasteiger partial charge in [0.25, 0.3) is 0 Å². The van der Waals surface area contributed by atoms with Crippen LogP contribution in [0, 0.1) is 18.3 Å². The van der Waals surface area contributed by atoms with Gasteiger partial charge >= 0.3 is 0 Å². The fourth-order valence-electron chi connectivity index (χ4n) is 1.76. The smallest absolute Gasteiger partial charge is 0.234 e. The lowest BCUT2D eigenvalue weighted by atomic mass is 10.0. The molecule has 1 aromatic heterocycles. The van der Waals surface area contributed by atoms with Crippen molar-refractivity contribution in [2.45, 2.75) is 6.92 Å². The van der Waals surface area contributed by atoms with Gasteiger partial charge in [0.15, 0.2) is 0 Å². The van der Waals surface area contributed by atoms with E-state index in [-0.39, 0.29) is 5.88 Å². The lowest BCUT2D eigenvalue weighted by Crippen LogP contribution is -1.99. The highest BCUT2D eigenvalue weighted by atomic mass is 16.5. The minimum atomic E-state index is 0.257. The van der Waals surface area contributed by atoms with Crippen molar-refractivity contribution in [2.75, 3.05) is 12.8 Å². The first-order valence-electron chi connectivity index (χ1n) is 5.47. The van der Waals surface area contributed by atoms with Gasteiger partial charge in [0.05, 0.1) is 7.11 Å². The van der Waals surface area contributed by atoms with Crippen molar-refractivity contribution in [2.24, 2.45) is 0 Å². The SMILES string of the molecule is COc1nc(N)cc(-c2ccc(C)cc2)c1C#N. The number of methoxy groups -OCH3 is 1. The number of hydrogen-bond acceptors (Lipinski definition) is 4. The second-order valence-corrected chi connectivity index (χ2v) is 3.96. The Morgan fingerprint density at radius 2 is 1.94 bits per heavy atom. The molecule has 1 heterocycles. The summed E-state index contributed by atoms with van der Waals surface area (Å²) in [6.45, 7) is 2.01. The number of pyridine rings is 1. The van der Waals surface area contributed by atoms with E-state index in [1.54, 1.807) is 6.07 Å². The van der Waals surface area contributed by atoms with Gasteiger partial charge in [0.1, 0.15) is 17.5 Å². The van der Waals surface area contributed by atoms with Gasteiger partial charge in [-0.2, -0.15) is 10.2 Å². The number of ether oxygens (including phenoxy) is 1. The van der Waals surface area contributed by atoms with E-state index in [1.807, 2.05) is 31.2 Å². The Labute approximate surface area is 106 Å². The first-order chi connectivity index (χ1) is 8.65.